The topological polar surface area (TPSA) is 12.5 Å². The van der Waals surface area contributed by atoms with Gasteiger partial charge in [0.2, 0.25) is 0 Å². The number of piperidine rings is 3. The van der Waals surface area contributed by atoms with Gasteiger partial charge in [-0.2, -0.15) is 11.3 Å². The molecule has 3 saturated heterocycles. The van der Waals surface area contributed by atoms with E-state index in [0.29, 0.717) is 6.10 Å². The number of ether oxygens (including phenoxy) is 1. The van der Waals surface area contributed by atoms with E-state index in [-0.39, 0.29) is 0 Å². The van der Waals surface area contributed by atoms with E-state index in [0.717, 1.165) is 19.1 Å². The third-order valence-corrected chi connectivity index (χ3v) is 4.37. The Kier molecular flexibility index (Phi) is 2.77. The second-order valence-corrected chi connectivity index (χ2v) is 5.40. The Morgan fingerprint density at radius 3 is 2.87 bits per heavy atom. The molecule has 0 aromatic carbocycles. The summed E-state index contributed by atoms with van der Waals surface area (Å²) in [5.74, 6) is 0.827. The maximum Gasteiger partial charge on any atom is 0.0735 e. The number of hydrogen-bond acceptors (Lipinski definition) is 3. The maximum atomic E-state index is 6.03. The standard InChI is InChI=1S/C12H17NOS/c1-4-13-5-2-11(1)12(7-13)14-8-10-3-6-15-9-10/h3,6,9,11-12H,1-2,4-5,7-8H2. The number of thiophene rings is 1. The molecule has 0 N–H and O–H groups in total. The molecule has 0 spiro atoms. The summed E-state index contributed by atoms with van der Waals surface area (Å²) in [7, 11) is 0. The second kappa shape index (κ2) is 4.24. The molecule has 3 fully saturated rings. The Balaban J connectivity index is 1.55. The monoisotopic (exact) mass is 223 g/mol. The first-order valence-electron chi connectivity index (χ1n) is 5.77. The average molecular weight is 223 g/mol. The molecule has 0 radical (unpaired) electrons. The highest BCUT2D eigenvalue weighted by atomic mass is 32.1. The van der Waals surface area contributed by atoms with Crippen LogP contribution in [0.15, 0.2) is 16.8 Å². The van der Waals surface area contributed by atoms with E-state index in [1.54, 1.807) is 11.3 Å². The van der Waals surface area contributed by atoms with Crippen molar-refractivity contribution in [3.63, 3.8) is 0 Å². The number of nitrogens with zero attached hydrogens (tertiary/aromatic N) is 1. The molecule has 4 heterocycles. The van der Waals surface area contributed by atoms with E-state index in [2.05, 4.69) is 21.7 Å². The molecular weight excluding hydrogens is 206 g/mol. The van der Waals surface area contributed by atoms with Crippen molar-refractivity contribution in [1.82, 2.24) is 4.90 Å². The normalized spacial score (nSPS) is 34.5. The Bertz CT molecular complexity index is 303. The van der Waals surface area contributed by atoms with Crippen molar-refractivity contribution in [1.29, 1.82) is 0 Å². The average Bonchev–Trinajstić information content (AvgIpc) is 2.81. The zero-order valence-corrected chi connectivity index (χ0v) is 9.71. The zero-order valence-electron chi connectivity index (χ0n) is 8.89. The first-order chi connectivity index (χ1) is 7.42. The van der Waals surface area contributed by atoms with Crippen LogP contribution in [0.3, 0.4) is 0 Å². The van der Waals surface area contributed by atoms with Gasteiger partial charge in [-0.3, -0.25) is 0 Å². The lowest BCUT2D eigenvalue weighted by atomic mass is 9.86. The van der Waals surface area contributed by atoms with Crippen LogP contribution in [0.25, 0.3) is 0 Å². The summed E-state index contributed by atoms with van der Waals surface area (Å²) in [5, 5.41) is 4.30. The fourth-order valence-corrected chi connectivity index (χ4v) is 3.33. The van der Waals surface area contributed by atoms with E-state index in [1.165, 1.54) is 31.5 Å². The van der Waals surface area contributed by atoms with E-state index < -0.39 is 0 Å². The van der Waals surface area contributed by atoms with Gasteiger partial charge in [-0.15, -0.1) is 0 Å². The van der Waals surface area contributed by atoms with Crippen molar-refractivity contribution < 1.29 is 4.74 Å². The minimum Gasteiger partial charge on any atom is -0.372 e. The van der Waals surface area contributed by atoms with E-state index in [9.17, 15) is 0 Å². The fourth-order valence-electron chi connectivity index (χ4n) is 2.68. The van der Waals surface area contributed by atoms with Crippen molar-refractivity contribution >= 4 is 11.3 Å². The van der Waals surface area contributed by atoms with Crippen LogP contribution in [0.1, 0.15) is 18.4 Å². The summed E-state index contributed by atoms with van der Waals surface area (Å²) >= 11 is 1.75. The van der Waals surface area contributed by atoms with Gasteiger partial charge in [-0.25, -0.2) is 0 Å². The Hall–Kier alpha value is -0.380. The lowest BCUT2D eigenvalue weighted by Crippen LogP contribution is -2.51. The Labute approximate surface area is 94.9 Å². The Morgan fingerprint density at radius 1 is 1.40 bits per heavy atom. The lowest BCUT2D eigenvalue weighted by molar-refractivity contribution is -0.0765. The van der Waals surface area contributed by atoms with Gasteiger partial charge in [0, 0.05) is 6.54 Å². The van der Waals surface area contributed by atoms with Crippen LogP contribution in [-0.2, 0) is 11.3 Å². The minimum absolute atomic E-state index is 0.493. The summed E-state index contributed by atoms with van der Waals surface area (Å²) in [6, 6.07) is 2.16. The summed E-state index contributed by atoms with van der Waals surface area (Å²) in [5.41, 5.74) is 1.33. The molecular formula is C12H17NOS. The Morgan fingerprint density at radius 2 is 2.27 bits per heavy atom. The predicted molar refractivity (Wildman–Crippen MR) is 62.1 cm³/mol. The molecule has 1 unspecified atom stereocenters. The van der Waals surface area contributed by atoms with Crippen LogP contribution in [-0.4, -0.2) is 30.6 Å². The van der Waals surface area contributed by atoms with Gasteiger partial charge < -0.3 is 9.64 Å². The van der Waals surface area contributed by atoms with Crippen LogP contribution >= 0.6 is 11.3 Å². The summed E-state index contributed by atoms with van der Waals surface area (Å²) in [6.07, 6.45) is 3.18. The molecule has 0 saturated carbocycles. The van der Waals surface area contributed by atoms with Crippen molar-refractivity contribution in [2.24, 2.45) is 5.92 Å². The number of hydrogen-bond donors (Lipinski definition) is 0. The minimum atomic E-state index is 0.493. The second-order valence-electron chi connectivity index (χ2n) is 4.62. The quantitative estimate of drug-likeness (QED) is 0.780. The van der Waals surface area contributed by atoms with Gasteiger partial charge in [0.05, 0.1) is 12.7 Å². The molecule has 3 aliphatic rings. The van der Waals surface area contributed by atoms with Gasteiger partial charge in [0.1, 0.15) is 0 Å². The summed E-state index contributed by atoms with van der Waals surface area (Å²) < 4.78 is 6.03. The summed E-state index contributed by atoms with van der Waals surface area (Å²) in [6.45, 7) is 4.55. The van der Waals surface area contributed by atoms with Crippen molar-refractivity contribution in [2.75, 3.05) is 19.6 Å². The van der Waals surface area contributed by atoms with Crippen molar-refractivity contribution in [3.05, 3.63) is 22.4 Å². The zero-order chi connectivity index (χ0) is 10.1. The molecule has 3 heteroatoms. The van der Waals surface area contributed by atoms with Gasteiger partial charge in [0.15, 0.2) is 0 Å². The van der Waals surface area contributed by atoms with Crippen LogP contribution < -0.4 is 0 Å². The smallest absolute Gasteiger partial charge is 0.0735 e. The molecule has 0 aliphatic carbocycles. The van der Waals surface area contributed by atoms with Crippen molar-refractivity contribution in [2.45, 2.75) is 25.6 Å². The molecule has 2 bridgehead atoms. The van der Waals surface area contributed by atoms with Crippen LogP contribution in [0.4, 0.5) is 0 Å². The maximum absolute atomic E-state index is 6.03. The van der Waals surface area contributed by atoms with E-state index in [1.807, 2.05) is 0 Å². The molecule has 15 heavy (non-hydrogen) atoms. The van der Waals surface area contributed by atoms with Gasteiger partial charge in [0.25, 0.3) is 0 Å². The molecule has 0 amide bonds. The molecule has 1 aromatic heterocycles. The van der Waals surface area contributed by atoms with Gasteiger partial charge >= 0.3 is 0 Å². The van der Waals surface area contributed by atoms with Crippen molar-refractivity contribution in [3.8, 4) is 0 Å². The van der Waals surface area contributed by atoms with Crippen LogP contribution in [0.5, 0.6) is 0 Å². The molecule has 4 rings (SSSR count). The third kappa shape index (κ3) is 2.10. The summed E-state index contributed by atoms with van der Waals surface area (Å²) in [4.78, 5) is 2.54. The molecule has 1 aromatic rings. The highest BCUT2D eigenvalue weighted by Crippen LogP contribution is 2.30. The molecule has 3 aliphatic heterocycles. The van der Waals surface area contributed by atoms with E-state index >= 15 is 0 Å². The predicted octanol–water partition coefficient (Wildman–Crippen LogP) is 2.36. The molecule has 1 atom stereocenters. The number of fused-ring (bicyclic) bond motifs is 3. The third-order valence-electron chi connectivity index (χ3n) is 3.64. The highest BCUT2D eigenvalue weighted by molar-refractivity contribution is 7.07. The van der Waals surface area contributed by atoms with E-state index in [4.69, 9.17) is 4.74 Å². The van der Waals surface area contributed by atoms with Gasteiger partial charge in [-0.05, 0) is 54.2 Å². The van der Waals surface area contributed by atoms with Crippen LogP contribution in [0.2, 0.25) is 0 Å². The fraction of sp³-hybridized carbons (Fsp3) is 0.667. The molecule has 82 valence electrons. The molecule has 2 nitrogen and oxygen atoms in total. The van der Waals surface area contributed by atoms with Crippen LogP contribution in [0, 0.1) is 5.92 Å². The first-order valence-corrected chi connectivity index (χ1v) is 6.71. The largest absolute Gasteiger partial charge is 0.372 e. The number of rotatable bonds is 3. The highest BCUT2D eigenvalue weighted by Gasteiger charge is 2.34. The SMILES string of the molecule is c1cc(COC2CN3CCC2CC3)cs1. The van der Waals surface area contributed by atoms with Gasteiger partial charge in [-0.1, -0.05) is 0 Å². The first kappa shape index (κ1) is 9.82. The lowest BCUT2D eigenvalue weighted by Gasteiger charge is -2.44.